The molecule has 0 aromatic rings. The summed E-state index contributed by atoms with van der Waals surface area (Å²) in [5.74, 6) is 0.472. The average Bonchev–Trinajstić information content (AvgIpc) is 1.88. The molecule has 58 valence electrons. The lowest BCUT2D eigenvalue weighted by molar-refractivity contribution is -0.116. The molecule has 0 aliphatic rings. The fraction of sp³-hybridized carbons (Fsp3) is 0.571. The second-order valence-corrected chi connectivity index (χ2v) is 2.09. The molecule has 0 bridgehead atoms. The molecular formula is C7H11ClO2. The Labute approximate surface area is 65.8 Å². The first-order valence-corrected chi connectivity index (χ1v) is 3.62. The highest BCUT2D eigenvalue weighted by Gasteiger charge is 2.01. The smallest absolute Gasteiger partial charge is 0.155 e. The maximum absolute atomic E-state index is 10.6. The molecule has 10 heavy (non-hydrogen) atoms. The molecule has 0 atom stereocenters. The Bertz CT molecular complexity index is 132. The van der Waals surface area contributed by atoms with Crippen molar-refractivity contribution in [1.29, 1.82) is 0 Å². The molecule has 0 rings (SSSR count). The van der Waals surface area contributed by atoms with Crippen LogP contribution in [0.4, 0.5) is 0 Å². The van der Waals surface area contributed by atoms with Crippen LogP contribution in [0.15, 0.2) is 12.3 Å². The Morgan fingerprint density at radius 1 is 1.70 bits per heavy atom. The highest BCUT2D eigenvalue weighted by molar-refractivity contribution is 6.27. The first-order valence-electron chi connectivity index (χ1n) is 3.09. The van der Waals surface area contributed by atoms with Crippen molar-refractivity contribution in [3.8, 4) is 0 Å². The number of allylic oxidation sites excluding steroid dienone is 1. The summed E-state index contributed by atoms with van der Waals surface area (Å²) in [6.07, 6.45) is 0.233. The molecule has 0 saturated heterocycles. The number of carbonyl (C=O) groups is 1. The van der Waals surface area contributed by atoms with Crippen LogP contribution >= 0.6 is 11.6 Å². The van der Waals surface area contributed by atoms with E-state index in [-0.39, 0.29) is 18.1 Å². The Morgan fingerprint density at radius 3 is 2.70 bits per heavy atom. The summed E-state index contributed by atoms with van der Waals surface area (Å²) in [7, 11) is 0. The number of carbonyl (C=O) groups excluding carboxylic acids is 1. The van der Waals surface area contributed by atoms with Crippen molar-refractivity contribution in [2.45, 2.75) is 13.3 Å². The van der Waals surface area contributed by atoms with E-state index in [1.807, 2.05) is 6.92 Å². The average molecular weight is 163 g/mol. The number of halogens is 1. The van der Waals surface area contributed by atoms with Crippen LogP contribution in [0.5, 0.6) is 0 Å². The third-order valence-corrected chi connectivity index (χ3v) is 1.19. The fourth-order valence-electron chi connectivity index (χ4n) is 0.522. The van der Waals surface area contributed by atoms with Crippen LogP contribution in [0.1, 0.15) is 13.3 Å². The van der Waals surface area contributed by atoms with Crippen LogP contribution in [0.3, 0.4) is 0 Å². The van der Waals surface area contributed by atoms with Gasteiger partial charge in [-0.25, -0.2) is 0 Å². The topological polar surface area (TPSA) is 26.3 Å². The van der Waals surface area contributed by atoms with E-state index in [1.54, 1.807) is 0 Å². The molecule has 0 heterocycles. The molecular weight excluding hydrogens is 152 g/mol. The largest absolute Gasteiger partial charge is 0.498 e. The van der Waals surface area contributed by atoms with Crippen LogP contribution in [-0.2, 0) is 9.53 Å². The van der Waals surface area contributed by atoms with E-state index in [0.29, 0.717) is 12.4 Å². The van der Waals surface area contributed by atoms with Gasteiger partial charge in [-0.15, -0.1) is 11.6 Å². The number of ether oxygens (including phenoxy) is 1. The van der Waals surface area contributed by atoms with E-state index in [1.165, 1.54) is 0 Å². The number of alkyl halides is 1. The van der Waals surface area contributed by atoms with Gasteiger partial charge in [-0.05, 0) is 6.92 Å². The van der Waals surface area contributed by atoms with Crippen molar-refractivity contribution in [3.05, 3.63) is 12.3 Å². The molecule has 0 amide bonds. The van der Waals surface area contributed by atoms with Crippen LogP contribution < -0.4 is 0 Å². The van der Waals surface area contributed by atoms with Gasteiger partial charge < -0.3 is 4.74 Å². The predicted molar refractivity (Wildman–Crippen MR) is 41.1 cm³/mol. The SMILES string of the molecule is C=C(CC(=O)CCl)OCC. The molecule has 0 radical (unpaired) electrons. The van der Waals surface area contributed by atoms with Gasteiger partial charge >= 0.3 is 0 Å². The van der Waals surface area contributed by atoms with Crippen molar-refractivity contribution in [2.75, 3.05) is 12.5 Å². The lowest BCUT2D eigenvalue weighted by Crippen LogP contribution is -2.02. The molecule has 0 unspecified atom stereocenters. The Kier molecular flexibility index (Phi) is 5.03. The molecule has 0 saturated carbocycles. The molecule has 2 nitrogen and oxygen atoms in total. The summed E-state index contributed by atoms with van der Waals surface area (Å²) in [4.78, 5) is 10.6. The van der Waals surface area contributed by atoms with Gasteiger partial charge in [-0.2, -0.15) is 0 Å². The van der Waals surface area contributed by atoms with E-state index < -0.39 is 0 Å². The van der Waals surface area contributed by atoms with Gasteiger partial charge in [0.2, 0.25) is 0 Å². The van der Waals surface area contributed by atoms with Crippen molar-refractivity contribution < 1.29 is 9.53 Å². The highest BCUT2D eigenvalue weighted by Crippen LogP contribution is 2.01. The van der Waals surface area contributed by atoms with Crippen LogP contribution in [0, 0.1) is 0 Å². The zero-order valence-corrected chi connectivity index (χ0v) is 6.78. The van der Waals surface area contributed by atoms with Crippen molar-refractivity contribution in [2.24, 2.45) is 0 Å². The van der Waals surface area contributed by atoms with Crippen LogP contribution in [0.2, 0.25) is 0 Å². The predicted octanol–water partition coefficient (Wildman–Crippen LogP) is 1.73. The maximum Gasteiger partial charge on any atom is 0.155 e. The van der Waals surface area contributed by atoms with Gasteiger partial charge in [0.1, 0.15) is 0 Å². The number of ketones is 1. The minimum Gasteiger partial charge on any atom is -0.498 e. The number of hydrogen-bond acceptors (Lipinski definition) is 2. The molecule has 3 heteroatoms. The Balaban J connectivity index is 3.47. The lowest BCUT2D eigenvalue weighted by Gasteiger charge is -2.03. The third kappa shape index (κ3) is 4.39. The van der Waals surface area contributed by atoms with Gasteiger partial charge in [-0.3, -0.25) is 4.79 Å². The molecule has 0 N–H and O–H groups in total. The molecule has 0 aliphatic heterocycles. The first kappa shape index (κ1) is 9.50. The van der Waals surface area contributed by atoms with Gasteiger partial charge in [-0.1, -0.05) is 6.58 Å². The summed E-state index contributed by atoms with van der Waals surface area (Å²) >= 11 is 5.25. The normalized spacial score (nSPS) is 9.00. The number of hydrogen-bond donors (Lipinski definition) is 0. The standard InChI is InChI=1S/C7H11ClO2/c1-3-10-6(2)4-7(9)5-8/h2-5H2,1H3. The van der Waals surface area contributed by atoms with E-state index in [9.17, 15) is 4.79 Å². The highest BCUT2D eigenvalue weighted by atomic mass is 35.5. The van der Waals surface area contributed by atoms with Crippen molar-refractivity contribution in [1.82, 2.24) is 0 Å². The summed E-state index contributed by atoms with van der Waals surface area (Å²) in [5.41, 5.74) is 0. The van der Waals surface area contributed by atoms with E-state index in [4.69, 9.17) is 16.3 Å². The summed E-state index contributed by atoms with van der Waals surface area (Å²) < 4.78 is 4.94. The molecule has 0 aromatic carbocycles. The Morgan fingerprint density at radius 2 is 2.30 bits per heavy atom. The quantitative estimate of drug-likeness (QED) is 0.455. The molecule has 0 spiro atoms. The lowest BCUT2D eigenvalue weighted by atomic mass is 10.3. The summed E-state index contributed by atoms with van der Waals surface area (Å²) in [5, 5.41) is 0. The minimum atomic E-state index is -0.0554. The number of Topliss-reactive ketones (excluding diaryl/α,β-unsaturated/α-hetero) is 1. The monoisotopic (exact) mass is 162 g/mol. The van der Waals surface area contributed by atoms with E-state index in [0.717, 1.165) is 0 Å². The zero-order valence-electron chi connectivity index (χ0n) is 6.02. The third-order valence-electron chi connectivity index (χ3n) is 0.892. The second-order valence-electron chi connectivity index (χ2n) is 1.82. The van der Waals surface area contributed by atoms with Crippen LogP contribution in [-0.4, -0.2) is 18.3 Å². The van der Waals surface area contributed by atoms with Crippen molar-refractivity contribution in [3.63, 3.8) is 0 Å². The van der Waals surface area contributed by atoms with E-state index in [2.05, 4.69) is 6.58 Å². The summed E-state index contributed by atoms with van der Waals surface area (Å²) in [6, 6.07) is 0. The fourth-order valence-corrected chi connectivity index (χ4v) is 0.617. The van der Waals surface area contributed by atoms with Crippen LogP contribution in [0.25, 0.3) is 0 Å². The minimum absolute atomic E-state index is 0.0338. The molecule has 0 fully saturated rings. The Hall–Kier alpha value is -0.500. The maximum atomic E-state index is 10.6. The van der Waals surface area contributed by atoms with Gasteiger partial charge in [0.05, 0.1) is 24.7 Å². The van der Waals surface area contributed by atoms with E-state index >= 15 is 0 Å². The molecule has 0 aromatic heterocycles. The van der Waals surface area contributed by atoms with Gasteiger partial charge in [0.25, 0.3) is 0 Å². The van der Waals surface area contributed by atoms with Crippen molar-refractivity contribution >= 4 is 17.4 Å². The summed E-state index contributed by atoms with van der Waals surface area (Å²) in [6.45, 7) is 5.92. The zero-order chi connectivity index (χ0) is 7.98. The number of rotatable bonds is 5. The van der Waals surface area contributed by atoms with Gasteiger partial charge in [0.15, 0.2) is 5.78 Å². The van der Waals surface area contributed by atoms with Gasteiger partial charge in [0, 0.05) is 0 Å². The second kappa shape index (κ2) is 5.30. The molecule has 0 aliphatic carbocycles. The first-order chi connectivity index (χ1) is 4.70.